The Bertz CT molecular complexity index is 859. The SMILES string of the molecule is CCN(c1ccccc1)S(=O)(=O)c1ccc(C(=O)OCC2CCCO2)cc1. The van der Waals surface area contributed by atoms with Gasteiger partial charge in [-0.3, -0.25) is 4.31 Å². The van der Waals surface area contributed by atoms with Crippen molar-refractivity contribution >= 4 is 21.7 Å². The molecule has 6 nitrogen and oxygen atoms in total. The molecule has 0 bridgehead atoms. The van der Waals surface area contributed by atoms with Gasteiger partial charge in [0.05, 0.1) is 22.3 Å². The van der Waals surface area contributed by atoms with Crippen molar-refractivity contribution in [1.29, 1.82) is 0 Å². The van der Waals surface area contributed by atoms with E-state index >= 15 is 0 Å². The maximum absolute atomic E-state index is 12.9. The third-order valence-corrected chi connectivity index (χ3v) is 6.35. The molecule has 144 valence electrons. The topological polar surface area (TPSA) is 72.9 Å². The summed E-state index contributed by atoms with van der Waals surface area (Å²) in [5.41, 5.74) is 0.912. The number of carbonyl (C=O) groups excluding carboxylic acids is 1. The summed E-state index contributed by atoms with van der Waals surface area (Å²) in [5.74, 6) is -0.482. The van der Waals surface area contributed by atoms with Crippen molar-refractivity contribution in [3.63, 3.8) is 0 Å². The number of anilines is 1. The Balaban J connectivity index is 1.72. The number of para-hydroxylation sites is 1. The highest BCUT2D eigenvalue weighted by Crippen LogP contribution is 2.23. The number of hydrogen-bond donors (Lipinski definition) is 0. The largest absolute Gasteiger partial charge is 0.459 e. The van der Waals surface area contributed by atoms with Crippen molar-refractivity contribution in [2.24, 2.45) is 0 Å². The Morgan fingerprint density at radius 2 is 1.85 bits per heavy atom. The number of sulfonamides is 1. The molecule has 7 heteroatoms. The molecule has 2 aromatic carbocycles. The maximum atomic E-state index is 12.9. The van der Waals surface area contributed by atoms with Gasteiger partial charge >= 0.3 is 5.97 Å². The van der Waals surface area contributed by atoms with Crippen LogP contribution in [0.25, 0.3) is 0 Å². The van der Waals surface area contributed by atoms with E-state index in [1.165, 1.54) is 28.6 Å². The summed E-state index contributed by atoms with van der Waals surface area (Å²) < 4.78 is 37.9. The summed E-state index contributed by atoms with van der Waals surface area (Å²) in [5, 5.41) is 0. The average Bonchev–Trinajstić information content (AvgIpc) is 3.21. The number of esters is 1. The molecule has 1 unspecified atom stereocenters. The van der Waals surface area contributed by atoms with Crippen LogP contribution in [0, 0.1) is 0 Å². The van der Waals surface area contributed by atoms with E-state index in [1.807, 2.05) is 6.07 Å². The second-order valence-electron chi connectivity index (χ2n) is 6.26. The summed E-state index contributed by atoms with van der Waals surface area (Å²) in [6, 6.07) is 14.7. The first-order valence-electron chi connectivity index (χ1n) is 8.99. The van der Waals surface area contributed by atoms with Crippen molar-refractivity contribution in [3.05, 3.63) is 60.2 Å². The van der Waals surface area contributed by atoms with Gasteiger partial charge in [0, 0.05) is 13.2 Å². The van der Waals surface area contributed by atoms with Gasteiger partial charge in [-0.2, -0.15) is 0 Å². The summed E-state index contributed by atoms with van der Waals surface area (Å²) in [6.07, 6.45) is 1.82. The molecule has 3 rings (SSSR count). The van der Waals surface area contributed by atoms with Crippen LogP contribution in [0.15, 0.2) is 59.5 Å². The molecule has 1 fully saturated rings. The fraction of sp³-hybridized carbons (Fsp3) is 0.350. The third-order valence-electron chi connectivity index (χ3n) is 4.43. The smallest absolute Gasteiger partial charge is 0.338 e. The van der Waals surface area contributed by atoms with Crippen LogP contribution >= 0.6 is 0 Å². The number of benzene rings is 2. The fourth-order valence-corrected chi connectivity index (χ4v) is 4.48. The van der Waals surface area contributed by atoms with E-state index in [-0.39, 0.29) is 17.6 Å². The summed E-state index contributed by atoms with van der Waals surface area (Å²) in [4.78, 5) is 12.3. The number of carbonyl (C=O) groups is 1. The lowest BCUT2D eigenvalue weighted by atomic mass is 10.2. The average molecular weight is 389 g/mol. The van der Waals surface area contributed by atoms with Crippen molar-refractivity contribution in [2.45, 2.75) is 30.8 Å². The van der Waals surface area contributed by atoms with E-state index in [9.17, 15) is 13.2 Å². The van der Waals surface area contributed by atoms with Crippen LogP contribution in [0.5, 0.6) is 0 Å². The van der Waals surface area contributed by atoms with Crippen LogP contribution in [-0.4, -0.2) is 40.2 Å². The molecule has 0 amide bonds. The number of nitrogens with zero attached hydrogens (tertiary/aromatic N) is 1. The number of ether oxygens (including phenoxy) is 2. The van der Waals surface area contributed by atoms with E-state index < -0.39 is 16.0 Å². The molecule has 0 spiro atoms. The van der Waals surface area contributed by atoms with Crippen molar-refractivity contribution in [1.82, 2.24) is 0 Å². The Kier molecular flexibility index (Phi) is 6.13. The molecule has 1 aliphatic rings. The predicted molar refractivity (Wildman–Crippen MR) is 102 cm³/mol. The van der Waals surface area contributed by atoms with Gasteiger partial charge in [-0.15, -0.1) is 0 Å². The summed E-state index contributed by atoms with van der Waals surface area (Å²) in [7, 11) is -3.71. The van der Waals surface area contributed by atoms with Crippen LogP contribution in [0.3, 0.4) is 0 Å². The van der Waals surface area contributed by atoms with Gasteiger partial charge in [0.2, 0.25) is 0 Å². The first-order valence-corrected chi connectivity index (χ1v) is 10.4. The Morgan fingerprint density at radius 1 is 1.15 bits per heavy atom. The molecule has 0 saturated carbocycles. The molecule has 1 aliphatic heterocycles. The quantitative estimate of drug-likeness (QED) is 0.680. The molecule has 1 saturated heterocycles. The Morgan fingerprint density at radius 3 is 2.44 bits per heavy atom. The maximum Gasteiger partial charge on any atom is 0.338 e. The normalized spacial score (nSPS) is 16.9. The molecular weight excluding hydrogens is 366 g/mol. The zero-order valence-electron chi connectivity index (χ0n) is 15.2. The van der Waals surface area contributed by atoms with Crippen LogP contribution in [0.1, 0.15) is 30.1 Å². The predicted octanol–water partition coefficient (Wildman–Crippen LogP) is 3.24. The Hall–Kier alpha value is -2.38. The first kappa shape index (κ1) is 19.4. The molecular formula is C20H23NO5S. The van der Waals surface area contributed by atoms with Gasteiger partial charge in [-0.1, -0.05) is 18.2 Å². The van der Waals surface area contributed by atoms with Crippen LogP contribution in [0.2, 0.25) is 0 Å². The second-order valence-corrected chi connectivity index (χ2v) is 8.13. The van der Waals surface area contributed by atoms with Crippen LogP contribution in [0.4, 0.5) is 5.69 Å². The molecule has 27 heavy (non-hydrogen) atoms. The fourth-order valence-electron chi connectivity index (χ4n) is 3.00. The molecule has 0 aliphatic carbocycles. The lowest BCUT2D eigenvalue weighted by Gasteiger charge is -2.23. The lowest BCUT2D eigenvalue weighted by molar-refractivity contribution is 0.0161. The summed E-state index contributed by atoms with van der Waals surface area (Å²) >= 11 is 0. The number of hydrogen-bond acceptors (Lipinski definition) is 5. The van der Waals surface area contributed by atoms with Crippen molar-refractivity contribution in [2.75, 3.05) is 24.1 Å². The monoisotopic (exact) mass is 389 g/mol. The van der Waals surface area contributed by atoms with Gasteiger partial charge in [0.1, 0.15) is 6.61 Å². The van der Waals surface area contributed by atoms with E-state index in [1.54, 1.807) is 31.2 Å². The van der Waals surface area contributed by atoms with Crippen LogP contribution < -0.4 is 4.31 Å². The minimum Gasteiger partial charge on any atom is -0.459 e. The van der Waals surface area contributed by atoms with Gasteiger partial charge in [-0.25, -0.2) is 13.2 Å². The van der Waals surface area contributed by atoms with Crippen molar-refractivity contribution in [3.8, 4) is 0 Å². The van der Waals surface area contributed by atoms with Crippen molar-refractivity contribution < 1.29 is 22.7 Å². The minimum absolute atomic E-state index is 0.0439. The van der Waals surface area contributed by atoms with Crippen LogP contribution in [-0.2, 0) is 19.5 Å². The van der Waals surface area contributed by atoms with Gasteiger partial charge in [-0.05, 0) is 56.2 Å². The Labute approximate surface area is 159 Å². The zero-order valence-corrected chi connectivity index (χ0v) is 16.0. The molecule has 1 heterocycles. The standard InChI is InChI=1S/C20H23NO5S/c1-2-21(17-7-4-3-5-8-17)27(23,24)19-12-10-16(11-13-19)20(22)26-15-18-9-6-14-25-18/h3-5,7-8,10-13,18H,2,6,9,14-15H2,1H3. The van der Waals surface area contributed by atoms with E-state index in [4.69, 9.17) is 9.47 Å². The van der Waals surface area contributed by atoms with Gasteiger partial charge in [0.25, 0.3) is 10.0 Å². The lowest BCUT2D eigenvalue weighted by Crippen LogP contribution is -2.30. The zero-order chi connectivity index (χ0) is 19.3. The molecule has 0 aromatic heterocycles. The highest BCUT2D eigenvalue weighted by atomic mass is 32.2. The molecule has 0 N–H and O–H groups in total. The first-order chi connectivity index (χ1) is 13.0. The minimum atomic E-state index is -3.71. The number of rotatable bonds is 7. The van der Waals surface area contributed by atoms with E-state index in [0.717, 1.165) is 12.8 Å². The summed E-state index contributed by atoms with van der Waals surface area (Å²) in [6.45, 7) is 3.00. The highest BCUT2D eigenvalue weighted by Gasteiger charge is 2.24. The molecule has 0 radical (unpaired) electrons. The molecule has 1 atom stereocenters. The van der Waals surface area contributed by atoms with Gasteiger partial charge in [0.15, 0.2) is 0 Å². The van der Waals surface area contributed by atoms with Gasteiger partial charge < -0.3 is 9.47 Å². The molecule has 2 aromatic rings. The second kappa shape index (κ2) is 8.54. The third kappa shape index (κ3) is 4.48. The van der Waals surface area contributed by atoms with E-state index in [0.29, 0.717) is 24.4 Å². The van der Waals surface area contributed by atoms with E-state index in [2.05, 4.69) is 0 Å². The highest BCUT2D eigenvalue weighted by molar-refractivity contribution is 7.92.